The van der Waals surface area contributed by atoms with Gasteiger partial charge in [-0.25, -0.2) is 9.78 Å². The van der Waals surface area contributed by atoms with Gasteiger partial charge in [-0.15, -0.1) is 0 Å². The topological polar surface area (TPSA) is 74.2 Å². The number of carbonyl (C=O) groups is 1. The monoisotopic (exact) mass is 223 g/mol. The van der Waals surface area contributed by atoms with Gasteiger partial charge >= 0.3 is 12.0 Å². The van der Waals surface area contributed by atoms with E-state index in [4.69, 9.17) is 9.47 Å². The normalized spacial score (nSPS) is 11.6. The van der Waals surface area contributed by atoms with Crippen molar-refractivity contribution in [3.05, 3.63) is 25.3 Å². The van der Waals surface area contributed by atoms with Crippen molar-refractivity contribution in [3.63, 3.8) is 0 Å². The molecule has 1 aromatic rings. The summed E-state index contributed by atoms with van der Waals surface area (Å²) in [5, 5.41) is 0. The van der Waals surface area contributed by atoms with Crippen LogP contribution in [0.15, 0.2) is 25.3 Å². The Kier molecular flexibility index (Phi) is 4.91. The second-order valence-corrected chi connectivity index (χ2v) is 3.01. The van der Waals surface area contributed by atoms with Crippen molar-refractivity contribution >= 4 is 5.97 Å². The average molecular weight is 223 g/mol. The molecule has 1 aromatic heterocycles. The summed E-state index contributed by atoms with van der Waals surface area (Å²) < 4.78 is 10.2. The molecule has 0 amide bonds. The number of hydrogen-bond donors (Lipinski definition) is 0. The molecule has 1 heterocycles. The van der Waals surface area contributed by atoms with Gasteiger partial charge in [0.15, 0.2) is 0 Å². The lowest BCUT2D eigenvalue weighted by atomic mass is 10.3. The lowest BCUT2D eigenvalue weighted by Crippen LogP contribution is -2.16. The standard InChI is InChI=1S/C10H13N3O3/c1-3-9(14)16-8(2)4-5-15-10-12-6-11-7-13-10/h3,6-8H,1,4-5H2,2H3. The molecule has 0 spiro atoms. The first-order valence-electron chi connectivity index (χ1n) is 4.80. The zero-order valence-electron chi connectivity index (χ0n) is 9.00. The van der Waals surface area contributed by atoms with Crippen molar-refractivity contribution in [1.29, 1.82) is 0 Å². The van der Waals surface area contributed by atoms with E-state index >= 15 is 0 Å². The molecule has 0 fully saturated rings. The van der Waals surface area contributed by atoms with Gasteiger partial charge < -0.3 is 9.47 Å². The van der Waals surface area contributed by atoms with E-state index in [1.807, 2.05) is 0 Å². The number of aromatic nitrogens is 3. The SMILES string of the molecule is C=CC(=O)OC(C)CCOc1ncncn1. The van der Waals surface area contributed by atoms with Crippen LogP contribution in [0.25, 0.3) is 0 Å². The Morgan fingerprint density at radius 3 is 2.88 bits per heavy atom. The Labute approximate surface area is 93.3 Å². The van der Waals surface area contributed by atoms with Crippen LogP contribution in [0.4, 0.5) is 0 Å². The van der Waals surface area contributed by atoms with Crippen LogP contribution in [0.3, 0.4) is 0 Å². The average Bonchev–Trinajstić information content (AvgIpc) is 2.30. The maximum atomic E-state index is 10.8. The molecular weight excluding hydrogens is 210 g/mol. The predicted molar refractivity (Wildman–Crippen MR) is 55.7 cm³/mol. The number of hydrogen-bond acceptors (Lipinski definition) is 6. The van der Waals surface area contributed by atoms with Gasteiger partial charge in [0.05, 0.1) is 6.61 Å². The highest BCUT2D eigenvalue weighted by molar-refractivity contribution is 5.81. The third-order valence-corrected chi connectivity index (χ3v) is 1.71. The van der Waals surface area contributed by atoms with Crippen LogP contribution in [0.2, 0.25) is 0 Å². The second-order valence-electron chi connectivity index (χ2n) is 3.01. The quantitative estimate of drug-likeness (QED) is 0.523. The Hall–Kier alpha value is -1.98. The zero-order chi connectivity index (χ0) is 11.8. The van der Waals surface area contributed by atoms with Crippen LogP contribution in [-0.2, 0) is 9.53 Å². The molecule has 0 aromatic carbocycles. The maximum Gasteiger partial charge on any atom is 0.330 e. The van der Waals surface area contributed by atoms with Crippen LogP contribution >= 0.6 is 0 Å². The molecule has 0 radical (unpaired) electrons. The van der Waals surface area contributed by atoms with Crippen LogP contribution in [-0.4, -0.2) is 33.6 Å². The molecule has 0 N–H and O–H groups in total. The Bertz CT molecular complexity index is 342. The number of carbonyl (C=O) groups excluding carboxylic acids is 1. The first-order valence-corrected chi connectivity index (χ1v) is 4.80. The van der Waals surface area contributed by atoms with Crippen molar-refractivity contribution in [2.24, 2.45) is 0 Å². The molecule has 0 saturated heterocycles. The third kappa shape index (κ3) is 4.50. The fraction of sp³-hybridized carbons (Fsp3) is 0.400. The molecule has 6 nitrogen and oxygen atoms in total. The summed E-state index contributed by atoms with van der Waals surface area (Å²) in [4.78, 5) is 22.1. The van der Waals surface area contributed by atoms with Gasteiger partial charge in [0.2, 0.25) is 0 Å². The fourth-order valence-electron chi connectivity index (χ4n) is 0.925. The summed E-state index contributed by atoms with van der Waals surface area (Å²) >= 11 is 0. The number of ether oxygens (including phenoxy) is 2. The summed E-state index contributed by atoms with van der Waals surface area (Å²) in [6, 6.07) is 0.261. The maximum absolute atomic E-state index is 10.8. The molecule has 1 unspecified atom stereocenters. The van der Waals surface area contributed by atoms with Gasteiger partial charge in [-0.1, -0.05) is 6.58 Å². The summed E-state index contributed by atoms with van der Waals surface area (Å²) in [5.41, 5.74) is 0. The van der Waals surface area contributed by atoms with Gasteiger partial charge in [-0.05, 0) is 6.92 Å². The van der Waals surface area contributed by atoms with Crippen LogP contribution in [0, 0.1) is 0 Å². The third-order valence-electron chi connectivity index (χ3n) is 1.71. The van der Waals surface area contributed by atoms with E-state index in [9.17, 15) is 4.79 Å². The van der Waals surface area contributed by atoms with Gasteiger partial charge in [-0.2, -0.15) is 9.97 Å². The molecule has 0 saturated carbocycles. The van der Waals surface area contributed by atoms with Gasteiger partial charge in [-0.3, -0.25) is 0 Å². The van der Waals surface area contributed by atoms with Crippen molar-refractivity contribution < 1.29 is 14.3 Å². The molecule has 0 aliphatic carbocycles. The Morgan fingerprint density at radius 2 is 2.25 bits per heavy atom. The lowest BCUT2D eigenvalue weighted by Gasteiger charge is -2.11. The van der Waals surface area contributed by atoms with E-state index in [2.05, 4.69) is 21.5 Å². The highest BCUT2D eigenvalue weighted by Crippen LogP contribution is 2.01. The molecule has 6 heteroatoms. The van der Waals surface area contributed by atoms with Gasteiger partial charge in [0.1, 0.15) is 18.8 Å². The predicted octanol–water partition coefficient (Wildman–Crippen LogP) is 0.758. The fourth-order valence-corrected chi connectivity index (χ4v) is 0.925. The van der Waals surface area contributed by atoms with Gasteiger partial charge in [0.25, 0.3) is 0 Å². The zero-order valence-corrected chi connectivity index (χ0v) is 9.00. The highest BCUT2D eigenvalue weighted by Gasteiger charge is 2.06. The number of nitrogens with zero attached hydrogens (tertiary/aromatic N) is 3. The molecule has 1 atom stereocenters. The number of rotatable bonds is 6. The van der Waals surface area contributed by atoms with E-state index < -0.39 is 5.97 Å². The number of esters is 1. The molecule has 0 bridgehead atoms. The molecule has 0 aliphatic heterocycles. The summed E-state index contributed by atoms with van der Waals surface area (Å²) in [6.45, 7) is 5.46. The molecule has 1 rings (SSSR count). The van der Waals surface area contributed by atoms with Crippen LogP contribution in [0.5, 0.6) is 6.01 Å². The second kappa shape index (κ2) is 6.49. The summed E-state index contributed by atoms with van der Waals surface area (Å²) in [7, 11) is 0. The van der Waals surface area contributed by atoms with Crippen molar-refractivity contribution in [3.8, 4) is 6.01 Å². The van der Waals surface area contributed by atoms with E-state index in [-0.39, 0.29) is 12.1 Å². The highest BCUT2D eigenvalue weighted by atomic mass is 16.5. The molecular formula is C10H13N3O3. The van der Waals surface area contributed by atoms with Crippen molar-refractivity contribution in [2.45, 2.75) is 19.4 Å². The van der Waals surface area contributed by atoms with Gasteiger partial charge in [0, 0.05) is 12.5 Å². The first kappa shape index (κ1) is 12.1. The van der Waals surface area contributed by atoms with Crippen LogP contribution in [0.1, 0.15) is 13.3 Å². The molecule has 86 valence electrons. The minimum atomic E-state index is -0.437. The molecule has 16 heavy (non-hydrogen) atoms. The molecule has 0 aliphatic rings. The van der Waals surface area contributed by atoms with Crippen molar-refractivity contribution in [2.75, 3.05) is 6.61 Å². The minimum Gasteiger partial charge on any atom is -0.463 e. The van der Waals surface area contributed by atoms with Crippen LogP contribution < -0.4 is 4.74 Å². The summed E-state index contributed by atoms with van der Waals surface area (Å²) in [5.74, 6) is -0.437. The van der Waals surface area contributed by atoms with E-state index in [0.29, 0.717) is 13.0 Å². The Morgan fingerprint density at radius 1 is 1.56 bits per heavy atom. The van der Waals surface area contributed by atoms with E-state index in [1.165, 1.54) is 12.7 Å². The van der Waals surface area contributed by atoms with Crippen molar-refractivity contribution in [1.82, 2.24) is 15.0 Å². The minimum absolute atomic E-state index is 0.229. The smallest absolute Gasteiger partial charge is 0.330 e. The first-order chi connectivity index (χ1) is 7.72. The summed E-state index contributed by atoms with van der Waals surface area (Å²) in [6.07, 6.45) is 4.16. The van der Waals surface area contributed by atoms with E-state index in [1.54, 1.807) is 6.92 Å². The van der Waals surface area contributed by atoms with E-state index in [0.717, 1.165) is 6.08 Å². The lowest BCUT2D eigenvalue weighted by molar-refractivity contribution is -0.142. The largest absolute Gasteiger partial charge is 0.463 e. The Balaban J connectivity index is 2.20.